The summed E-state index contributed by atoms with van der Waals surface area (Å²) in [6.45, 7) is 3.92. The van der Waals surface area contributed by atoms with Crippen molar-refractivity contribution in [1.82, 2.24) is 0 Å². The number of nitrogens with one attached hydrogen (secondary N) is 1. The van der Waals surface area contributed by atoms with Crippen molar-refractivity contribution in [3.8, 4) is 5.75 Å². The van der Waals surface area contributed by atoms with Crippen molar-refractivity contribution in [2.24, 2.45) is 5.92 Å². The van der Waals surface area contributed by atoms with Crippen molar-refractivity contribution in [3.05, 3.63) is 71.8 Å². The van der Waals surface area contributed by atoms with E-state index in [0.29, 0.717) is 31.1 Å². The molecule has 0 spiro atoms. The van der Waals surface area contributed by atoms with Gasteiger partial charge in [-0.1, -0.05) is 54.6 Å². The summed E-state index contributed by atoms with van der Waals surface area (Å²) >= 11 is 0. The Balaban J connectivity index is 1.65. The van der Waals surface area contributed by atoms with Gasteiger partial charge in [0.1, 0.15) is 12.4 Å². The summed E-state index contributed by atoms with van der Waals surface area (Å²) in [7, 11) is 0. The molecule has 0 aromatic heterocycles. The number of benzene rings is 2. The first-order valence-electron chi connectivity index (χ1n) is 9.20. The quantitative estimate of drug-likeness (QED) is 0.600. The molecule has 1 N–H and O–H groups in total. The molecule has 2 aromatic rings. The molecule has 3 nitrogen and oxygen atoms in total. The van der Waals surface area contributed by atoms with Crippen molar-refractivity contribution >= 4 is 5.69 Å². The minimum absolute atomic E-state index is 0.311. The molecular weight excluding hydrogens is 310 g/mol. The summed E-state index contributed by atoms with van der Waals surface area (Å²) < 4.78 is 11.4. The van der Waals surface area contributed by atoms with Gasteiger partial charge in [-0.2, -0.15) is 0 Å². The van der Waals surface area contributed by atoms with Crippen LogP contribution in [0.15, 0.2) is 60.7 Å². The highest BCUT2D eigenvalue weighted by Crippen LogP contribution is 2.52. The maximum absolute atomic E-state index is 6.03. The number of anilines is 1. The topological polar surface area (TPSA) is 30.5 Å². The van der Waals surface area contributed by atoms with Crippen LogP contribution < -0.4 is 10.1 Å². The van der Waals surface area contributed by atoms with Gasteiger partial charge in [0.2, 0.25) is 0 Å². The van der Waals surface area contributed by atoms with Crippen molar-refractivity contribution in [3.63, 3.8) is 0 Å². The Labute approximate surface area is 149 Å². The fourth-order valence-corrected chi connectivity index (χ4v) is 4.06. The van der Waals surface area contributed by atoms with Crippen LogP contribution in [0.3, 0.4) is 0 Å². The summed E-state index contributed by atoms with van der Waals surface area (Å²) in [6, 6.07) is 17.4. The Morgan fingerprint density at radius 1 is 1.04 bits per heavy atom. The predicted molar refractivity (Wildman–Crippen MR) is 101 cm³/mol. The molecule has 1 aliphatic carbocycles. The molecule has 3 unspecified atom stereocenters. The van der Waals surface area contributed by atoms with Gasteiger partial charge in [0, 0.05) is 12.5 Å². The highest BCUT2D eigenvalue weighted by Gasteiger charge is 2.38. The summed E-state index contributed by atoms with van der Waals surface area (Å²) in [5.41, 5.74) is 3.83. The minimum Gasteiger partial charge on any atom is -0.489 e. The Kier molecular flexibility index (Phi) is 4.75. The summed E-state index contributed by atoms with van der Waals surface area (Å²) in [4.78, 5) is 0. The van der Waals surface area contributed by atoms with Gasteiger partial charge in [0.15, 0.2) is 0 Å². The van der Waals surface area contributed by atoms with Gasteiger partial charge in [-0.05, 0) is 36.5 Å². The second-order valence-electron chi connectivity index (χ2n) is 6.65. The van der Waals surface area contributed by atoms with Crippen LogP contribution in [0.5, 0.6) is 5.75 Å². The fraction of sp³-hybridized carbons (Fsp3) is 0.364. The number of ether oxygens (including phenoxy) is 2. The van der Waals surface area contributed by atoms with Crippen molar-refractivity contribution in [2.45, 2.75) is 25.3 Å². The van der Waals surface area contributed by atoms with E-state index in [2.05, 4.69) is 66.0 Å². The molecule has 0 bridgehead atoms. The molecule has 3 heteroatoms. The molecule has 2 aromatic carbocycles. The number of hydrogen-bond donors (Lipinski definition) is 1. The summed E-state index contributed by atoms with van der Waals surface area (Å²) in [5.74, 6) is 1.95. The van der Waals surface area contributed by atoms with Crippen LogP contribution in [-0.2, 0) is 4.74 Å². The van der Waals surface area contributed by atoms with Crippen LogP contribution in [0.2, 0.25) is 0 Å². The van der Waals surface area contributed by atoms with Crippen LogP contribution in [0.1, 0.15) is 36.4 Å². The molecule has 0 saturated carbocycles. The van der Waals surface area contributed by atoms with E-state index < -0.39 is 0 Å². The van der Waals surface area contributed by atoms with Gasteiger partial charge < -0.3 is 14.8 Å². The van der Waals surface area contributed by atoms with E-state index in [9.17, 15) is 0 Å². The molecular formula is C22H25NO2. The molecule has 0 saturated heterocycles. The fourth-order valence-electron chi connectivity index (χ4n) is 4.06. The normalized spacial score (nSPS) is 23.6. The van der Waals surface area contributed by atoms with Crippen LogP contribution in [0.4, 0.5) is 5.69 Å². The lowest BCUT2D eigenvalue weighted by Gasteiger charge is -2.38. The third-order valence-electron chi connectivity index (χ3n) is 5.21. The summed E-state index contributed by atoms with van der Waals surface area (Å²) in [5, 5.41) is 3.79. The highest BCUT2D eigenvalue weighted by atomic mass is 16.5. The lowest BCUT2D eigenvalue weighted by atomic mass is 9.77. The lowest BCUT2D eigenvalue weighted by Crippen LogP contribution is -2.29. The van der Waals surface area contributed by atoms with E-state index in [0.717, 1.165) is 24.5 Å². The molecule has 25 heavy (non-hydrogen) atoms. The number of rotatable bonds is 6. The van der Waals surface area contributed by atoms with E-state index in [1.165, 1.54) is 11.1 Å². The number of hydrogen-bond acceptors (Lipinski definition) is 3. The molecule has 0 radical (unpaired) electrons. The third-order valence-corrected chi connectivity index (χ3v) is 5.21. The SMILES string of the molecule is CCOCCOc1cccc2c1NC(c1ccccc1)C1CC=CC21. The highest BCUT2D eigenvalue weighted by molar-refractivity contribution is 5.67. The summed E-state index contributed by atoms with van der Waals surface area (Å²) in [6.07, 6.45) is 5.81. The third kappa shape index (κ3) is 3.16. The zero-order valence-corrected chi connectivity index (χ0v) is 14.7. The number of fused-ring (bicyclic) bond motifs is 3. The maximum Gasteiger partial charge on any atom is 0.142 e. The molecule has 0 amide bonds. The Hall–Kier alpha value is -2.26. The van der Waals surface area contributed by atoms with Crippen LogP contribution in [0, 0.1) is 5.92 Å². The van der Waals surface area contributed by atoms with E-state index in [1.54, 1.807) is 0 Å². The molecule has 1 heterocycles. The van der Waals surface area contributed by atoms with Crippen LogP contribution in [-0.4, -0.2) is 19.8 Å². The van der Waals surface area contributed by atoms with Gasteiger partial charge in [-0.3, -0.25) is 0 Å². The van der Waals surface area contributed by atoms with Crippen LogP contribution in [0.25, 0.3) is 0 Å². The zero-order valence-electron chi connectivity index (χ0n) is 14.7. The first-order valence-corrected chi connectivity index (χ1v) is 9.20. The second kappa shape index (κ2) is 7.32. The van der Waals surface area contributed by atoms with Gasteiger partial charge in [-0.15, -0.1) is 0 Å². The van der Waals surface area contributed by atoms with Gasteiger partial charge >= 0.3 is 0 Å². The lowest BCUT2D eigenvalue weighted by molar-refractivity contribution is 0.110. The van der Waals surface area contributed by atoms with E-state index in [-0.39, 0.29) is 0 Å². The molecule has 1 aliphatic heterocycles. The monoisotopic (exact) mass is 335 g/mol. The molecule has 4 rings (SSSR count). The first-order chi connectivity index (χ1) is 12.4. The minimum atomic E-state index is 0.311. The molecule has 130 valence electrons. The molecule has 0 fully saturated rings. The van der Waals surface area contributed by atoms with Crippen molar-refractivity contribution < 1.29 is 9.47 Å². The average Bonchev–Trinajstić information content (AvgIpc) is 3.15. The number of para-hydroxylation sites is 1. The van der Waals surface area contributed by atoms with E-state index in [1.807, 2.05) is 6.92 Å². The standard InChI is InChI=1S/C22H25NO2/c1-2-24-14-15-25-20-13-7-12-19-17-10-6-11-18(17)21(23-22(19)20)16-8-4-3-5-9-16/h3-10,12-13,17-18,21,23H,2,11,14-15H2,1H3. The largest absolute Gasteiger partial charge is 0.489 e. The first kappa shape index (κ1) is 16.2. The Morgan fingerprint density at radius 3 is 2.76 bits per heavy atom. The Morgan fingerprint density at radius 2 is 1.92 bits per heavy atom. The van der Waals surface area contributed by atoms with Gasteiger partial charge in [0.25, 0.3) is 0 Å². The number of allylic oxidation sites excluding steroid dienone is 2. The van der Waals surface area contributed by atoms with Gasteiger partial charge in [-0.25, -0.2) is 0 Å². The van der Waals surface area contributed by atoms with E-state index in [4.69, 9.17) is 9.47 Å². The second-order valence-corrected chi connectivity index (χ2v) is 6.65. The van der Waals surface area contributed by atoms with Crippen molar-refractivity contribution in [2.75, 3.05) is 25.1 Å². The van der Waals surface area contributed by atoms with E-state index >= 15 is 0 Å². The average molecular weight is 335 g/mol. The molecule has 2 aliphatic rings. The van der Waals surface area contributed by atoms with Crippen LogP contribution >= 0.6 is 0 Å². The van der Waals surface area contributed by atoms with Gasteiger partial charge in [0.05, 0.1) is 18.3 Å². The van der Waals surface area contributed by atoms with Crippen molar-refractivity contribution in [1.29, 1.82) is 0 Å². The predicted octanol–water partition coefficient (Wildman–Crippen LogP) is 4.93. The Bertz CT molecular complexity index is 741. The smallest absolute Gasteiger partial charge is 0.142 e. The zero-order chi connectivity index (χ0) is 17.1. The maximum atomic E-state index is 6.03. The molecule has 3 atom stereocenters.